The Balaban J connectivity index is 1.98. The molecule has 0 bridgehead atoms. The lowest BCUT2D eigenvalue weighted by atomic mass is 9.75. The van der Waals surface area contributed by atoms with Crippen LogP contribution in [-0.2, 0) is 14.3 Å². The molecule has 1 aliphatic carbocycles. The lowest BCUT2D eigenvalue weighted by Crippen LogP contribution is -2.64. The molecule has 0 radical (unpaired) electrons. The summed E-state index contributed by atoms with van der Waals surface area (Å²) in [5.41, 5.74) is 0.382. The third-order valence-electron chi connectivity index (χ3n) is 4.99. The molecule has 5 heteroatoms. The number of aliphatic hydroxyl groups excluding tert-OH is 1. The van der Waals surface area contributed by atoms with E-state index in [9.17, 15) is 9.90 Å². The number of hydrogen-bond acceptors (Lipinski definition) is 5. The van der Waals surface area contributed by atoms with Gasteiger partial charge in [-0.3, -0.25) is 9.69 Å². The summed E-state index contributed by atoms with van der Waals surface area (Å²) >= 11 is 0. The number of ketones is 1. The van der Waals surface area contributed by atoms with E-state index >= 15 is 0 Å². The van der Waals surface area contributed by atoms with Gasteiger partial charge in [0.1, 0.15) is 6.23 Å². The van der Waals surface area contributed by atoms with Crippen molar-refractivity contribution < 1.29 is 19.4 Å². The van der Waals surface area contributed by atoms with E-state index in [0.717, 1.165) is 5.57 Å². The zero-order chi connectivity index (χ0) is 15.4. The monoisotopic (exact) mass is 293 g/mol. The molecule has 0 saturated carbocycles. The van der Waals surface area contributed by atoms with Gasteiger partial charge in [0.2, 0.25) is 0 Å². The van der Waals surface area contributed by atoms with Gasteiger partial charge < -0.3 is 14.6 Å². The Morgan fingerprint density at radius 2 is 2.19 bits per heavy atom. The molecule has 5 atom stereocenters. The molecule has 0 amide bonds. The van der Waals surface area contributed by atoms with Crippen LogP contribution in [0.1, 0.15) is 20.3 Å². The summed E-state index contributed by atoms with van der Waals surface area (Å²) in [6.07, 6.45) is 4.89. The Bertz CT molecular complexity index is 510. The largest absolute Gasteiger partial charge is 0.390 e. The Kier molecular flexibility index (Phi) is 3.56. The molecular weight excluding hydrogens is 270 g/mol. The molecular formula is C16H23NO4. The molecule has 2 fully saturated rings. The van der Waals surface area contributed by atoms with Gasteiger partial charge in [0.15, 0.2) is 5.78 Å². The molecule has 21 heavy (non-hydrogen) atoms. The molecule has 2 aliphatic heterocycles. The van der Waals surface area contributed by atoms with Crippen molar-refractivity contribution in [1.82, 2.24) is 4.90 Å². The minimum absolute atomic E-state index is 0.00671. The van der Waals surface area contributed by atoms with Crippen molar-refractivity contribution in [3.8, 4) is 0 Å². The molecule has 0 spiro atoms. The second-order valence-corrected chi connectivity index (χ2v) is 6.70. The van der Waals surface area contributed by atoms with Gasteiger partial charge in [0, 0.05) is 13.0 Å². The van der Waals surface area contributed by atoms with E-state index in [-0.39, 0.29) is 30.1 Å². The molecule has 0 aromatic carbocycles. The van der Waals surface area contributed by atoms with Crippen LogP contribution in [-0.4, -0.2) is 60.0 Å². The highest BCUT2D eigenvalue weighted by molar-refractivity contribution is 6.01. The van der Waals surface area contributed by atoms with Crippen LogP contribution in [0.2, 0.25) is 0 Å². The Morgan fingerprint density at radius 3 is 2.86 bits per heavy atom. The molecule has 5 unspecified atom stereocenters. The predicted octanol–water partition coefficient (Wildman–Crippen LogP) is 0.883. The van der Waals surface area contributed by atoms with E-state index in [1.165, 1.54) is 0 Å². The average molecular weight is 293 g/mol. The number of likely N-dealkylation sites (tertiary alicyclic amines) is 1. The first-order valence-corrected chi connectivity index (χ1v) is 7.39. The molecule has 5 nitrogen and oxygen atoms in total. The maximum atomic E-state index is 11.7. The highest BCUT2D eigenvalue weighted by Crippen LogP contribution is 2.44. The van der Waals surface area contributed by atoms with Gasteiger partial charge in [-0.2, -0.15) is 0 Å². The number of rotatable bonds is 1. The molecule has 3 rings (SSSR count). The van der Waals surface area contributed by atoms with Crippen molar-refractivity contribution in [3.05, 3.63) is 23.8 Å². The number of likely N-dealkylation sites (N-methyl/N-ethyl adjacent to an activating group) is 1. The maximum Gasteiger partial charge on any atom is 0.178 e. The minimum Gasteiger partial charge on any atom is -0.390 e. The minimum atomic E-state index is -0.580. The number of ether oxygens (including phenoxy) is 2. The maximum absolute atomic E-state index is 11.7. The fourth-order valence-corrected chi connectivity index (χ4v) is 3.73. The first-order chi connectivity index (χ1) is 9.85. The average Bonchev–Trinajstić information content (AvgIpc) is 2.42. The van der Waals surface area contributed by atoms with Crippen molar-refractivity contribution >= 4 is 5.78 Å². The summed E-state index contributed by atoms with van der Waals surface area (Å²) in [5, 5.41) is 10.3. The van der Waals surface area contributed by atoms with Crippen LogP contribution in [0.3, 0.4) is 0 Å². The lowest BCUT2D eigenvalue weighted by Gasteiger charge is -2.55. The van der Waals surface area contributed by atoms with Crippen LogP contribution in [0, 0.1) is 5.92 Å². The second-order valence-electron chi connectivity index (χ2n) is 6.70. The number of allylic oxidation sites excluding steroid dienone is 2. The van der Waals surface area contributed by atoms with E-state index < -0.39 is 11.7 Å². The number of piperidine rings is 1. The quantitative estimate of drug-likeness (QED) is 0.778. The van der Waals surface area contributed by atoms with Crippen LogP contribution in [0.5, 0.6) is 0 Å². The van der Waals surface area contributed by atoms with Gasteiger partial charge in [0.25, 0.3) is 0 Å². The van der Waals surface area contributed by atoms with Crippen molar-refractivity contribution in [2.24, 2.45) is 5.92 Å². The Hall–Kier alpha value is -1.01. The summed E-state index contributed by atoms with van der Waals surface area (Å²) in [5.74, 6) is 0.0116. The van der Waals surface area contributed by atoms with Gasteiger partial charge in [-0.25, -0.2) is 0 Å². The third-order valence-corrected chi connectivity index (χ3v) is 4.99. The zero-order valence-electron chi connectivity index (χ0n) is 12.9. The number of carbonyl (C=O) groups excluding carboxylic acids is 1. The lowest BCUT2D eigenvalue weighted by molar-refractivity contribution is -0.259. The van der Waals surface area contributed by atoms with Gasteiger partial charge >= 0.3 is 0 Å². The summed E-state index contributed by atoms with van der Waals surface area (Å²) in [6, 6.07) is 0.0138. The van der Waals surface area contributed by atoms with E-state index in [0.29, 0.717) is 6.42 Å². The van der Waals surface area contributed by atoms with Crippen LogP contribution in [0.25, 0.3) is 0 Å². The van der Waals surface area contributed by atoms with Crippen molar-refractivity contribution in [3.63, 3.8) is 0 Å². The van der Waals surface area contributed by atoms with E-state index in [4.69, 9.17) is 9.47 Å². The van der Waals surface area contributed by atoms with E-state index in [2.05, 4.69) is 4.90 Å². The predicted molar refractivity (Wildman–Crippen MR) is 77.6 cm³/mol. The van der Waals surface area contributed by atoms with Gasteiger partial charge in [0.05, 0.1) is 23.9 Å². The highest BCUT2D eigenvalue weighted by atomic mass is 16.5. The van der Waals surface area contributed by atoms with Crippen molar-refractivity contribution in [2.45, 2.75) is 50.3 Å². The smallest absolute Gasteiger partial charge is 0.178 e. The number of nitrogens with zero attached hydrogens (tertiary/aromatic N) is 1. The Labute approximate surface area is 125 Å². The topological polar surface area (TPSA) is 59.0 Å². The molecule has 2 heterocycles. The molecule has 116 valence electrons. The second kappa shape index (κ2) is 5.02. The fraction of sp³-hybridized carbons (Fsp3) is 0.688. The van der Waals surface area contributed by atoms with Crippen LogP contribution < -0.4 is 0 Å². The van der Waals surface area contributed by atoms with Gasteiger partial charge in [-0.15, -0.1) is 0 Å². The van der Waals surface area contributed by atoms with Crippen LogP contribution >= 0.6 is 0 Å². The highest BCUT2D eigenvalue weighted by Gasteiger charge is 2.52. The van der Waals surface area contributed by atoms with Crippen LogP contribution in [0.4, 0.5) is 0 Å². The normalized spacial score (nSPS) is 42.2. The summed E-state index contributed by atoms with van der Waals surface area (Å²) < 4.78 is 11.8. The number of carbonyl (C=O) groups is 1. The summed E-state index contributed by atoms with van der Waals surface area (Å²) in [6.45, 7) is 3.82. The van der Waals surface area contributed by atoms with E-state index in [1.54, 1.807) is 19.3 Å². The van der Waals surface area contributed by atoms with Crippen molar-refractivity contribution in [1.29, 1.82) is 0 Å². The molecule has 3 aliphatic rings. The Morgan fingerprint density at radius 1 is 1.48 bits per heavy atom. The number of fused-ring (bicyclic) bond motifs is 2. The van der Waals surface area contributed by atoms with Gasteiger partial charge in [-0.1, -0.05) is 6.08 Å². The third kappa shape index (κ3) is 2.28. The molecule has 0 aromatic rings. The van der Waals surface area contributed by atoms with Crippen LogP contribution in [0.15, 0.2) is 23.8 Å². The number of hydrogen-bond donors (Lipinski definition) is 1. The summed E-state index contributed by atoms with van der Waals surface area (Å²) in [4.78, 5) is 13.8. The van der Waals surface area contributed by atoms with E-state index in [1.807, 2.05) is 27.0 Å². The number of aliphatic hydroxyl groups is 1. The molecule has 2 saturated heterocycles. The molecule has 1 N–H and O–H groups in total. The SMILES string of the molecule is COC1C2=CC(=O)C=CC2N(C)C2OC(C)(C)C(O)CC12. The first-order valence-electron chi connectivity index (χ1n) is 7.39. The first kappa shape index (κ1) is 14.9. The fourth-order valence-electron chi connectivity index (χ4n) is 3.73. The zero-order valence-corrected chi connectivity index (χ0v) is 12.9. The number of methoxy groups -OCH3 is 1. The van der Waals surface area contributed by atoms with Gasteiger partial charge in [-0.05, 0) is 45.0 Å². The summed E-state index contributed by atoms with van der Waals surface area (Å²) in [7, 11) is 3.65. The molecule has 0 aromatic heterocycles. The standard InChI is InChI=1S/C16H23NO4/c1-16(2)13(19)8-11-14(20-4)10-7-9(18)5-6-12(10)17(3)15(11)21-16/h5-7,11-15,19H,8H2,1-4H3. The van der Waals surface area contributed by atoms with Crippen molar-refractivity contribution in [2.75, 3.05) is 14.2 Å².